The average molecular weight is 370 g/mol. The van der Waals surface area contributed by atoms with Gasteiger partial charge in [-0.25, -0.2) is 4.99 Å². The number of nitrogens with zero attached hydrogens (tertiary/aromatic N) is 1. The van der Waals surface area contributed by atoms with Crippen molar-refractivity contribution < 1.29 is 4.74 Å². The predicted molar refractivity (Wildman–Crippen MR) is 107 cm³/mol. The third kappa shape index (κ3) is 5.97. The second-order valence-corrected chi connectivity index (χ2v) is 8.98. The van der Waals surface area contributed by atoms with Crippen molar-refractivity contribution in [3.8, 4) is 0 Å². The highest BCUT2D eigenvalue weighted by Crippen LogP contribution is 2.34. The Morgan fingerprint density at radius 3 is 2.58 bits per heavy atom. The second-order valence-electron chi connectivity index (χ2n) is 6.00. The molecule has 1 aliphatic heterocycles. The largest absolute Gasteiger partial charge is 0.381 e. The molecule has 2 heterocycles. The van der Waals surface area contributed by atoms with Gasteiger partial charge in [-0.2, -0.15) is 11.8 Å². The Morgan fingerprint density at radius 1 is 1.21 bits per heavy atom. The molecule has 0 bridgehead atoms. The first kappa shape index (κ1) is 19.6. The van der Waals surface area contributed by atoms with E-state index in [1.54, 1.807) is 0 Å². The maximum Gasteiger partial charge on any atom is 0.191 e. The molecule has 2 N–H and O–H groups in total. The molecule has 0 aliphatic carbocycles. The van der Waals surface area contributed by atoms with Gasteiger partial charge in [-0.15, -0.1) is 11.3 Å². The number of rotatable bonds is 8. The summed E-state index contributed by atoms with van der Waals surface area (Å²) in [5.41, 5.74) is 0. The van der Waals surface area contributed by atoms with Crippen molar-refractivity contribution in [2.45, 2.75) is 51.3 Å². The first-order chi connectivity index (χ1) is 11.7. The predicted octanol–water partition coefficient (Wildman–Crippen LogP) is 3.67. The average Bonchev–Trinajstić information content (AvgIpc) is 3.07. The number of aliphatic imine (C=N–C) groups is 1. The summed E-state index contributed by atoms with van der Waals surface area (Å²) < 4.78 is 5.84. The van der Waals surface area contributed by atoms with Crippen molar-refractivity contribution in [3.05, 3.63) is 21.9 Å². The van der Waals surface area contributed by atoms with Gasteiger partial charge >= 0.3 is 0 Å². The first-order valence-corrected chi connectivity index (χ1v) is 10.8. The molecule has 1 aromatic heterocycles. The van der Waals surface area contributed by atoms with Crippen LogP contribution in [-0.4, -0.2) is 42.8 Å². The number of hydrogen-bond donors (Lipinski definition) is 2. The maximum atomic E-state index is 5.56. The van der Waals surface area contributed by atoms with Gasteiger partial charge in [-0.3, -0.25) is 0 Å². The summed E-state index contributed by atoms with van der Waals surface area (Å²) in [5, 5.41) is 6.95. The fraction of sp³-hybridized carbons (Fsp3) is 0.722. The lowest BCUT2D eigenvalue weighted by atomic mass is 9.99. The maximum absolute atomic E-state index is 5.56. The molecule has 1 aromatic rings. The van der Waals surface area contributed by atoms with E-state index >= 15 is 0 Å². The second kappa shape index (κ2) is 10.3. The number of ether oxygens (including phenoxy) is 1. The lowest BCUT2D eigenvalue weighted by Gasteiger charge is -2.37. The summed E-state index contributed by atoms with van der Waals surface area (Å²) in [7, 11) is 0. The van der Waals surface area contributed by atoms with Crippen LogP contribution >= 0.6 is 23.1 Å². The Labute approximate surface area is 154 Å². The highest BCUT2D eigenvalue weighted by atomic mass is 32.2. The third-order valence-corrected chi connectivity index (χ3v) is 6.90. The van der Waals surface area contributed by atoms with Crippen LogP contribution in [0.25, 0.3) is 0 Å². The molecule has 0 spiro atoms. The lowest BCUT2D eigenvalue weighted by molar-refractivity contribution is 0.0782. The van der Waals surface area contributed by atoms with Crippen LogP contribution in [0.2, 0.25) is 0 Å². The van der Waals surface area contributed by atoms with E-state index < -0.39 is 0 Å². The lowest BCUT2D eigenvalue weighted by Crippen LogP contribution is -2.48. The molecule has 1 saturated heterocycles. The molecular weight excluding hydrogens is 338 g/mol. The van der Waals surface area contributed by atoms with Gasteiger partial charge in [-0.1, -0.05) is 13.8 Å². The highest BCUT2D eigenvalue weighted by Gasteiger charge is 2.32. The van der Waals surface area contributed by atoms with Crippen molar-refractivity contribution >= 4 is 29.1 Å². The molecule has 24 heavy (non-hydrogen) atoms. The number of guanidine groups is 1. The van der Waals surface area contributed by atoms with Gasteiger partial charge in [-0.05, 0) is 44.1 Å². The van der Waals surface area contributed by atoms with Crippen molar-refractivity contribution in [1.29, 1.82) is 0 Å². The summed E-state index contributed by atoms with van der Waals surface area (Å²) in [4.78, 5) is 7.53. The van der Waals surface area contributed by atoms with Crippen LogP contribution in [0.15, 0.2) is 17.1 Å². The Balaban J connectivity index is 1.94. The van der Waals surface area contributed by atoms with Gasteiger partial charge in [0.05, 0.1) is 6.54 Å². The summed E-state index contributed by atoms with van der Waals surface area (Å²) in [6.45, 7) is 10.9. The summed E-state index contributed by atoms with van der Waals surface area (Å²) in [5.74, 6) is 2.07. The highest BCUT2D eigenvalue weighted by molar-refractivity contribution is 8.00. The number of aryl methyl sites for hydroxylation is 1. The Hall–Kier alpha value is -0.720. The minimum Gasteiger partial charge on any atom is -0.381 e. The third-order valence-electron chi connectivity index (χ3n) is 4.24. The Kier molecular flexibility index (Phi) is 8.42. The zero-order chi connectivity index (χ0) is 17.3. The first-order valence-electron chi connectivity index (χ1n) is 9.03. The van der Waals surface area contributed by atoms with Gasteiger partial charge in [0.1, 0.15) is 0 Å². The minimum atomic E-state index is 0.279. The molecule has 0 radical (unpaired) electrons. The molecule has 0 saturated carbocycles. The molecule has 0 amide bonds. The van der Waals surface area contributed by atoms with E-state index in [1.165, 1.54) is 9.75 Å². The fourth-order valence-corrected chi connectivity index (χ4v) is 4.99. The number of thiophene rings is 1. The van der Waals surface area contributed by atoms with Crippen LogP contribution < -0.4 is 10.6 Å². The smallest absolute Gasteiger partial charge is 0.191 e. The number of hydrogen-bond acceptors (Lipinski definition) is 4. The SMILES string of the molecule is CCNC(=NCc1ccc(CC)s1)NCC1(SCC)CCOCC1. The van der Waals surface area contributed by atoms with Gasteiger partial charge in [0.2, 0.25) is 0 Å². The number of thioether (sulfide) groups is 1. The zero-order valence-electron chi connectivity index (χ0n) is 15.2. The van der Waals surface area contributed by atoms with Crippen LogP contribution in [0.3, 0.4) is 0 Å². The fourth-order valence-electron chi connectivity index (χ4n) is 2.86. The van der Waals surface area contributed by atoms with E-state index in [2.05, 4.69) is 55.3 Å². The van der Waals surface area contributed by atoms with Gasteiger partial charge in [0, 0.05) is 40.8 Å². The Morgan fingerprint density at radius 2 is 1.96 bits per heavy atom. The monoisotopic (exact) mass is 369 g/mol. The normalized spacial score (nSPS) is 17.7. The van der Waals surface area contributed by atoms with E-state index in [0.29, 0.717) is 0 Å². The van der Waals surface area contributed by atoms with E-state index in [0.717, 1.165) is 63.8 Å². The zero-order valence-corrected chi connectivity index (χ0v) is 16.8. The topological polar surface area (TPSA) is 45.7 Å². The molecule has 0 aromatic carbocycles. The molecular formula is C18H31N3OS2. The van der Waals surface area contributed by atoms with Crippen LogP contribution in [0.4, 0.5) is 0 Å². The quantitative estimate of drug-likeness (QED) is 0.542. The van der Waals surface area contributed by atoms with Crippen LogP contribution in [0, 0.1) is 0 Å². The van der Waals surface area contributed by atoms with E-state index in [9.17, 15) is 0 Å². The molecule has 4 nitrogen and oxygen atoms in total. The molecule has 1 fully saturated rings. The number of nitrogens with one attached hydrogen (secondary N) is 2. The summed E-state index contributed by atoms with van der Waals surface area (Å²) in [6, 6.07) is 4.41. The van der Waals surface area contributed by atoms with E-state index in [4.69, 9.17) is 9.73 Å². The van der Waals surface area contributed by atoms with Crippen molar-refractivity contribution in [2.75, 3.05) is 32.1 Å². The van der Waals surface area contributed by atoms with Crippen molar-refractivity contribution in [2.24, 2.45) is 4.99 Å². The van der Waals surface area contributed by atoms with Crippen molar-refractivity contribution in [1.82, 2.24) is 10.6 Å². The molecule has 6 heteroatoms. The van der Waals surface area contributed by atoms with E-state index in [1.807, 2.05) is 11.3 Å². The molecule has 1 aliphatic rings. The van der Waals surface area contributed by atoms with Gasteiger partial charge in [0.25, 0.3) is 0 Å². The molecule has 2 rings (SSSR count). The Bertz CT molecular complexity index is 505. The van der Waals surface area contributed by atoms with Crippen LogP contribution in [0.1, 0.15) is 43.4 Å². The minimum absolute atomic E-state index is 0.279. The van der Waals surface area contributed by atoms with Gasteiger partial charge < -0.3 is 15.4 Å². The summed E-state index contributed by atoms with van der Waals surface area (Å²) in [6.07, 6.45) is 3.33. The van der Waals surface area contributed by atoms with Crippen molar-refractivity contribution in [3.63, 3.8) is 0 Å². The molecule has 136 valence electrons. The van der Waals surface area contributed by atoms with Crippen LogP contribution in [0.5, 0.6) is 0 Å². The van der Waals surface area contributed by atoms with Gasteiger partial charge in [0.15, 0.2) is 5.96 Å². The van der Waals surface area contributed by atoms with Crippen LogP contribution in [-0.2, 0) is 17.7 Å². The standard InChI is InChI=1S/C18H31N3OS2/c1-4-15-7-8-16(24-15)13-20-17(19-5-2)21-14-18(23-6-3)9-11-22-12-10-18/h7-8H,4-6,9-14H2,1-3H3,(H2,19,20,21). The summed E-state index contributed by atoms with van der Waals surface area (Å²) >= 11 is 3.92. The molecule has 0 unspecified atom stereocenters. The molecule has 0 atom stereocenters. The van der Waals surface area contributed by atoms with E-state index in [-0.39, 0.29) is 4.75 Å².